The van der Waals surface area contributed by atoms with Gasteiger partial charge in [0.2, 0.25) is 0 Å². The van der Waals surface area contributed by atoms with Crippen LogP contribution in [0, 0.1) is 22.9 Å². The number of nitrogens with zero attached hydrogens (tertiary/aromatic N) is 2. The van der Waals surface area contributed by atoms with Crippen molar-refractivity contribution in [3.05, 3.63) is 100 Å². The van der Waals surface area contributed by atoms with Gasteiger partial charge in [-0.05, 0) is 78.6 Å². The van der Waals surface area contributed by atoms with Crippen molar-refractivity contribution in [1.82, 2.24) is 10.2 Å². The number of hydrogen-bond acceptors (Lipinski definition) is 3. The molecule has 1 saturated heterocycles. The number of anilines is 1. The van der Waals surface area contributed by atoms with E-state index in [1.807, 2.05) is 18.2 Å². The third kappa shape index (κ3) is 5.26. The van der Waals surface area contributed by atoms with E-state index in [9.17, 15) is 22.8 Å². The van der Waals surface area contributed by atoms with Crippen molar-refractivity contribution in [3.63, 3.8) is 0 Å². The molecule has 3 aromatic rings. The first-order chi connectivity index (χ1) is 18.1. The Hall–Kier alpha value is -3.81. The number of piperidine rings is 1. The van der Waals surface area contributed by atoms with E-state index < -0.39 is 11.6 Å². The number of benzene rings is 3. The van der Waals surface area contributed by atoms with Crippen molar-refractivity contribution in [3.8, 4) is 0 Å². The van der Waals surface area contributed by atoms with Gasteiger partial charge in [0, 0.05) is 44.4 Å². The second kappa shape index (κ2) is 10.2. The minimum Gasteiger partial charge on any atom is -0.373 e. The van der Waals surface area contributed by atoms with E-state index in [0.717, 1.165) is 42.5 Å². The van der Waals surface area contributed by atoms with Gasteiger partial charge in [-0.15, -0.1) is 0 Å². The maximum Gasteiger partial charge on any atom is 0.254 e. The summed E-state index contributed by atoms with van der Waals surface area (Å²) in [6, 6.07) is 16.0. The highest BCUT2D eigenvalue weighted by molar-refractivity contribution is 5.95. The Morgan fingerprint density at radius 3 is 2.18 bits per heavy atom. The van der Waals surface area contributed by atoms with Crippen LogP contribution in [0.25, 0.3) is 0 Å². The first-order valence-electron chi connectivity index (χ1n) is 12.8. The van der Waals surface area contributed by atoms with Crippen molar-refractivity contribution in [2.75, 3.05) is 32.1 Å². The van der Waals surface area contributed by atoms with Crippen LogP contribution in [-0.2, 0) is 6.42 Å². The van der Waals surface area contributed by atoms with Gasteiger partial charge in [-0.25, -0.2) is 13.2 Å². The van der Waals surface area contributed by atoms with Gasteiger partial charge in [-0.2, -0.15) is 0 Å². The summed E-state index contributed by atoms with van der Waals surface area (Å²) in [6.07, 6.45) is 2.87. The van der Waals surface area contributed by atoms with E-state index >= 15 is 0 Å². The summed E-state index contributed by atoms with van der Waals surface area (Å²) >= 11 is 0. The first kappa shape index (κ1) is 25.8. The molecular formula is C30H30F3N3O2. The van der Waals surface area contributed by atoms with Crippen LogP contribution in [0.5, 0.6) is 0 Å². The molecule has 2 fully saturated rings. The largest absolute Gasteiger partial charge is 0.373 e. The molecule has 1 atom stereocenters. The Balaban J connectivity index is 1.14. The second-order valence-electron chi connectivity index (χ2n) is 10.6. The van der Waals surface area contributed by atoms with Crippen LogP contribution in [0.3, 0.4) is 0 Å². The SMILES string of the molecule is CN(C)c1c(F)cc(C(=O)N2CCC3(CC2)CC3NC(=O)c2ccc(Cc3cccc(F)c3)cc2)cc1F. The summed E-state index contributed by atoms with van der Waals surface area (Å²) in [5.41, 5.74) is 2.21. The molecular weight excluding hydrogens is 491 g/mol. The molecule has 1 aliphatic carbocycles. The summed E-state index contributed by atoms with van der Waals surface area (Å²) < 4.78 is 42.1. The Morgan fingerprint density at radius 2 is 1.58 bits per heavy atom. The van der Waals surface area contributed by atoms with Crippen LogP contribution < -0.4 is 10.2 Å². The molecule has 1 heterocycles. The van der Waals surface area contributed by atoms with Gasteiger partial charge < -0.3 is 15.1 Å². The van der Waals surface area contributed by atoms with E-state index in [1.165, 1.54) is 17.0 Å². The van der Waals surface area contributed by atoms with Crippen LogP contribution in [0.2, 0.25) is 0 Å². The lowest BCUT2D eigenvalue weighted by atomic mass is 9.92. The molecule has 1 saturated carbocycles. The lowest BCUT2D eigenvalue weighted by Gasteiger charge is -2.33. The normalized spacial score (nSPS) is 17.8. The number of rotatable bonds is 6. The minimum absolute atomic E-state index is 0.00282. The molecule has 5 nitrogen and oxygen atoms in total. The second-order valence-corrected chi connectivity index (χ2v) is 10.6. The van der Waals surface area contributed by atoms with E-state index in [0.29, 0.717) is 25.1 Å². The third-order valence-corrected chi connectivity index (χ3v) is 7.77. The van der Waals surface area contributed by atoms with Crippen molar-refractivity contribution in [2.45, 2.75) is 31.7 Å². The molecule has 5 rings (SSSR count). The summed E-state index contributed by atoms with van der Waals surface area (Å²) in [6.45, 7) is 0.942. The van der Waals surface area contributed by atoms with Crippen molar-refractivity contribution >= 4 is 17.5 Å². The summed E-state index contributed by atoms with van der Waals surface area (Å²) in [4.78, 5) is 28.7. The molecule has 1 unspecified atom stereocenters. The maximum absolute atomic E-state index is 14.4. The van der Waals surface area contributed by atoms with Crippen LogP contribution in [0.1, 0.15) is 51.1 Å². The fourth-order valence-corrected chi connectivity index (χ4v) is 5.46. The quantitative estimate of drug-likeness (QED) is 0.486. The Kier molecular flexibility index (Phi) is 6.90. The minimum atomic E-state index is -0.765. The highest BCUT2D eigenvalue weighted by Crippen LogP contribution is 2.54. The lowest BCUT2D eigenvalue weighted by Crippen LogP contribution is -2.41. The maximum atomic E-state index is 14.4. The molecule has 38 heavy (non-hydrogen) atoms. The zero-order chi connectivity index (χ0) is 27.0. The molecule has 2 amide bonds. The van der Waals surface area contributed by atoms with Gasteiger partial charge in [0.05, 0.1) is 0 Å². The summed E-state index contributed by atoms with van der Waals surface area (Å²) in [7, 11) is 3.09. The number of halogens is 3. The first-order valence-corrected chi connectivity index (χ1v) is 12.8. The van der Waals surface area contributed by atoms with Crippen LogP contribution in [-0.4, -0.2) is 49.9 Å². The van der Waals surface area contributed by atoms with Gasteiger partial charge in [-0.1, -0.05) is 24.3 Å². The number of nitrogens with one attached hydrogen (secondary N) is 1. The predicted octanol–water partition coefficient (Wildman–Crippen LogP) is 5.19. The Labute approximate surface area is 220 Å². The molecule has 0 bridgehead atoms. The molecule has 3 aromatic carbocycles. The van der Waals surface area contributed by atoms with Crippen molar-refractivity contribution in [2.24, 2.45) is 5.41 Å². The monoisotopic (exact) mass is 521 g/mol. The molecule has 0 radical (unpaired) electrons. The van der Waals surface area contributed by atoms with Crippen molar-refractivity contribution in [1.29, 1.82) is 0 Å². The molecule has 1 spiro atoms. The van der Waals surface area contributed by atoms with Gasteiger partial charge in [-0.3, -0.25) is 9.59 Å². The summed E-state index contributed by atoms with van der Waals surface area (Å²) in [5.74, 6) is -2.33. The number of carbonyl (C=O) groups excluding carboxylic acids is 2. The average molecular weight is 522 g/mol. The molecule has 1 aliphatic heterocycles. The Morgan fingerprint density at radius 1 is 0.921 bits per heavy atom. The highest BCUT2D eigenvalue weighted by Gasteiger charge is 2.56. The molecule has 8 heteroatoms. The fraction of sp³-hybridized carbons (Fsp3) is 0.333. The van der Waals surface area contributed by atoms with Crippen LogP contribution in [0.4, 0.5) is 18.9 Å². The van der Waals surface area contributed by atoms with Crippen LogP contribution in [0.15, 0.2) is 60.7 Å². The molecule has 198 valence electrons. The van der Waals surface area contributed by atoms with E-state index in [1.54, 1.807) is 37.2 Å². The zero-order valence-corrected chi connectivity index (χ0v) is 21.4. The van der Waals surface area contributed by atoms with Gasteiger partial charge in [0.25, 0.3) is 11.8 Å². The molecule has 1 N–H and O–H groups in total. The van der Waals surface area contributed by atoms with E-state index in [4.69, 9.17) is 0 Å². The predicted molar refractivity (Wildman–Crippen MR) is 140 cm³/mol. The van der Waals surface area contributed by atoms with E-state index in [-0.39, 0.29) is 40.3 Å². The topological polar surface area (TPSA) is 52.7 Å². The van der Waals surface area contributed by atoms with Gasteiger partial charge in [0.15, 0.2) is 0 Å². The molecule has 2 aliphatic rings. The van der Waals surface area contributed by atoms with Gasteiger partial charge in [0.1, 0.15) is 23.1 Å². The molecule has 0 aromatic heterocycles. The van der Waals surface area contributed by atoms with Crippen LogP contribution >= 0.6 is 0 Å². The lowest BCUT2D eigenvalue weighted by molar-refractivity contribution is 0.0667. The fourth-order valence-electron chi connectivity index (χ4n) is 5.46. The zero-order valence-electron chi connectivity index (χ0n) is 21.4. The Bertz CT molecular complexity index is 1340. The number of carbonyl (C=O) groups is 2. The average Bonchev–Trinajstić information content (AvgIpc) is 3.54. The van der Waals surface area contributed by atoms with Crippen molar-refractivity contribution < 1.29 is 22.8 Å². The number of amides is 2. The number of hydrogen-bond donors (Lipinski definition) is 1. The highest BCUT2D eigenvalue weighted by atomic mass is 19.1. The standard InChI is InChI=1S/C30H30F3N3O2/c1-35(2)27-24(32)16-22(17-25(27)33)29(38)36-12-10-30(11-13-36)18-26(30)34-28(37)21-8-6-19(7-9-21)14-20-4-3-5-23(31)15-20/h3-9,15-17,26H,10-14,18H2,1-2H3,(H,34,37). The van der Waals surface area contributed by atoms with Gasteiger partial charge >= 0.3 is 0 Å². The number of likely N-dealkylation sites (tertiary alicyclic amines) is 1. The third-order valence-electron chi connectivity index (χ3n) is 7.77. The van der Waals surface area contributed by atoms with E-state index in [2.05, 4.69) is 5.32 Å². The summed E-state index contributed by atoms with van der Waals surface area (Å²) in [5, 5.41) is 3.12. The smallest absolute Gasteiger partial charge is 0.254 e.